The first-order valence-electron chi connectivity index (χ1n) is 12.7. The summed E-state index contributed by atoms with van der Waals surface area (Å²) in [6.45, 7) is 5.37. The summed E-state index contributed by atoms with van der Waals surface area (Å²) in [6.07, 6.45) is 10.6. The van der Waals surface area contributed by atoms with E-state index in [0.717, 1.165) is 44.1 Å². The van der Waals surface area contributed by atoms with E-state index in [1.54, 1.807) is 0 Å². The van der Waals surface area contributed by atoms with E-state index in [4.69, 9.17) is 9.84 Å². The Bertz CT molecular complexity index is 867. The molecule has 4 aliphatic rings. The van der Waals surface area contributed by atoms with Crippen molar-refractivity contribution in [1.82, 2.24) is 0 Å². The average Bonchev–Trinajstić information content (AvgIpc) is 3.02. The van der Waals surface area contributed by atoms with E-state index in [1.807, 2.05) is 30.3 Å². The number of ether oxygens (including phenoxy) is 1. The van der Waals surface area contributed by atoms with E-state index >= 15 is 0 Å². The quantitative estimate of drug-likeness (QED) is 0.458. The summed E-state index contributed by atoms with van der Waals surface area (Å²) in [7, 11) is 0. The second kappa shape index (κ2) is 7.94. The molecule has 4 nitrogen and oxygen atoms in total. The molecule has 0 heterocycles. The van der Waals surface area contributed by atoms with Crippen LogP contribution in [0.4, 0.5) is 0 Å². The van der Waals surface area contributed by atoms with Crippen molar-refractivity contribution in [3.8, 4) is 0 Å². The van der Waals surface area contributed by atoms with Crippen LogP contribution in [0.2, 0.25) is 0 Å². The van der Waals surface area contributed by atoms with Gasteiger partial charge in [0.1, 0.15) is 0 Å². The zero-order valence-corrected chi connectivity index (χ0v) is 19.7. The van der Waals surface area contributed by atoms with Crippen LogP contribution in [-0.4, -0.2) is 40.2 Å². The first kappa shape index (κ1) is 22.6. The number of rotatable bonds is 5. The van der Waals surface area contributed by atoms with Crippen LogP contribution in [0.15, 0.2) is 42.0 Å². The second-order valence-electron chi connectivity index (χ2n) is 11.4. The highest BCUT2D eigenvalue weighted by Crippen LogP contribution is 2.71. The van der Waals surface area contributed by atoms with E-state index in [9.17, 15) is 10.2 Å². The summed E-state index contributed by atoms with van der Waals surface area (Å²) in [5, 5.41) is 33.4. The highest BCUT2D eigenvalue weighted by atomic mass is 16.5. The minimum Gasteiger partial charge on any atom is -0.396 e. The Hall–Kier alpha value is -1.20. The molecule has 3 N–H and O–H groups in total. The van der Waals surface area contributed by atoms with Gasteiger partial charge in [-0.1, -0.05) is 55.8 Å². The first-order chi connectivity index (χ1) is 15.3. The third-order valence-corrected chi connectivity index (χ3v) is 10.3. The maximum Gasteiger partial charge on any atom is 0.0978 e. The van der Waals surface area contributed by atoms with Crippen molar-refractivity contribution in [3.63, 3.8) is 0 Å². The summed E-state index contributed by atoms with van der Waals surface area (Å²) in [5.74, 6) is 0.685. The lowest BCUT2D eigenvalue weighted by atomic mass is 9.44. The fourth-order valence-electron chi connectivity index (χ4n) is 8.29. The molecule has 0 aromatic heterocycles. The molecule has 0 aliphatic heterocycles. The van der Waals surface area contributed by atoms with Gasteiger partial charge in [0.15, 0.2) is 0 Å². The minimum atomic E-state index is -0.969. The largest absolute Gasteiger partial charge is 0.396 e. The molecule has 5 rings (SSSR count). The Balaban J connectivity index is 1.43. The van der Waals surface area contributed by atoms with Gasteiger partial charge >= 0.3 is 0 Å². The number of hydrogen-bond donors (Lipinski definition) is 3. The molecule has 0 spiro atoms. The van der Waals surface area contributed by atoms with E-state index in [0.29, 0.717) is 31.8 Å². The molecular formula is C28H40O4. The second-order valence-corrected chi connectivity index (χ2v) is 11.4. The molecule has 32 heavy (non-hydrogen) atoms. The van der Waals surface area contributed by atoms with Gasteiger partial charge < -0.3 is 20.1 Å². The smallest absolute Gasteiger partial charge is 0.0978 e. The van der Waals surface area contributed by atoms with E-state index in [-0.39, 0.29) is 24.0 Å². The third kappa shape index (κ3) is 3.02. The van der Waals surface area contributed by atoms with Gasteiger partial charge in [-0.15, -0.1) is 0 Å². The van der Waals surface area contributed by atoms with Gasteiger partial charge in [-0.05, 0) is 80.6 Å². The summed E-state index contributed by atoms with van der Waals surface area (Å²) in [5.41, 5.74) is 0.268. The number of aliphatic hydroxyl groups excluding tert-OH is 1. The Morgan fingerprint density at radius 1 is 0.938 bits per heavy atom. The zero-order chi connectivity index (χ0) is 22.6. The molecule has 3 fully saturated rings. The van der Waals surface area contributed by atoms with Crippen LogP contribution in [0.1, 0.15) is 77.2 Å². The molecule has 1 aromatic carbocycles. The minimum absolute atomic E-state index is 0.115. The number of benzene rings is 1. The molecular weight excluding hydrogens is 400 g/mol. The van der Waals surface area contributed by atoms with Crippen molar-refractivity contribution >= 4 is 0 Å². The van der Waals surface area contributed by atoms with Crippen LogP contribution in [0.3, 0.4) is 0 Å². The van der Waals surface area contributed by atoms with Crippen LogP contribution in [0, 0.1) is 22.7 Å². The Kier molecular flexibility index (Phi) is 5.60. The molecule has 4 heteroatoms. The van der Waals surface area contributed by atoms with Crippen LogP contribution < -0.4 is 0 Å². The topological polar surface area (TPSA) is 69.9 Å². The number of fused-ring (bicyclic) bond motifs is 5. The maximum absolute atomic E-state index is 12.3. The molecule has 3 saturated carbocycles. The molecule has 7 atom stereocenters. The van der Waals surface area contributed by atoms with Crippen LogP contribution >= 0.6 is 0 Å². The predicted molar refractivity (Wildman–Crippen MR) is 125 cm³/mol. The number of aliphatic hydroxyl groups is 3. The molecule has 176 valence electrons. The summed E-state index contributed by atoms with van der Waals surface area (Å²) in [6, 6.07) is 10.1. The Labute approximate surface area is 192 Å². The molecule has 0 saturated heterocycles. The van der Waals surface area contributed by atoms with Crippen LogP contribution in [0.25, 0.3) is 0 Å². The van der Waals surface area contributed by atoms with Crippen LogP contribution in [-0.2, 0) is 10.3 Å². The Morgan fingerprint density at radius 2 is 1.72 bits per heavy atom. The molecule has 0 bridgehead atoms. The highest BCUT2D eigenvalue weighted by molar-refractivity contribution is 5.34. The fourth-order valence-corrected chi connectivity index (χ4v) is 8.29. The normalized spacial score (nSPS) is 45.5. The van der Waals surface area contributed by atoms with Crippen molar-refractivity contribution in [2.75, 3.05) is 13.2 Å². The van der Waals surface area contributed by atoms with Crippen LogP contribution in [0.5, 0.6) is 0 Å². The molecule has 4 aliphatic carbocycles. The lowest BCUT2D eigenvalue weighted by Gasteiger charge is -2.62. The SMILES string of the molecule is C[C@]12CCC(OCCCO)C=C1CC[C@@H]1[C@H]2CC[C@]2(C)C(O)(c3ccccc3)CC[C@@]12O. The third-order valence-electron chi connectivity index (χ3n) is 10.3. The van der Waals surface area contributed by atoms with Crippen molar-refractivity contribution < 1.29 is 20.1 Å². The average molecular weight is 441 g/mol. The number of allylic oxidation sites excluding steroid dienone is 1. The zero-order valence-electron chi connectivity index (χ0n) is 19.7. The van der Waals surface area contributed by atoms with Gasteiger partial charge in [-0.2, -0.15) is 0 Å². The maximum atomic E-state index is 12.3. The van der Waals surface area contributed by atoms with E-state index in [1.165, 1.54) is 5.57 Å². The van der Waals surface area contributed by atoms with Crippen molar-refractivity contribution in [3.05, 3.63) is 47.5 Å². The summed E-state index contributed by atoms with van der Waals surface area (Å²) < 4.78 is 6.02. The lowest BCUT2D eigenvalue weighted by Crippen LogP contribution is -2.63. The van der Waals surface area contributed by atoms with Crippen molar-refractivity contribution in [2.24, 2.45) is 22.7 Å². The van der Waals surface area contributed by atoms with Gasteiger partial charge in [0.25, 0.3) is 0 Å². The van der Waals surface area contributed by atoms with E-state index in [2.05, 4.69) is 19.9 Å². The fraction of sp³-hybridized carbons (Fsp3) is 0.714. The van der Waals surface area contributed by atoms with Crippen molar-refractivity contribution in [1.29, 1.82) is 0 Å². The van der Waals surface area contributed by atoms with Gasteiger partial charge in [0.2, 0.25) is 0 Å². The molecule has 0 radical (unpaired) electrons. The molecule has 0 amide bonds. The van der Waals surface area contributed by atoms with E-state index < -0.39 is 16.6 Å². The predicted octanol–water partition coefficient (Wildman–Crippen LogP) is 4.72. The number of hydrogen-bond acceptors (Lipinski definition) is 4. The summed E-state index contributed by atoms with van der Waals surface area (Å²) >= 11 is 0. The van der Waals surface area contributed by atoms with Gasteiger partial charge in [0, 0.05) is 18.6 Å². The van der Waals surface area contributed by atoms with Gasteiger partial charge in [-0.25, -0.2) is 0 Å². The highest BCUT2D eigenvalue weighted by Gasteiger charge is 2.71. The lowest BCUT2D eigenvalue weighted by molar-refractivity contribution is -0.222. The molecule has 2 unspecified atom stereocenters. The molecule has 1 aromatic rings. The first-order valence-corrected chi connectivity index (χ1v) is 12.7. The monoisotopic (exact) mass is 440 g/mol. The summed E-state index contributed by atoms with van der Waals surface area (Å²) in [4.78, 5) is 0. The van der Waals surface area contributed by atoms with Gasteiger partial charge in [0.05, 0.1) is 17.3 Å². The van der Waals surface area contributed by atoms with Gasteiger partial charge in [-0.3, -0.25) is 0 Å². The Morgan fingerprint density at radius 3 is 2.47 bits per heavy atom. The standard InChI is InChI=1S/C28H40O4/c1-25-13-11-22(32-18-6-17-29)19-21(25)9-10-24-23(25)12-14-26(2)27(30,15-16-28(24,26)31)20-7-4-3-5-8-20/h3-5,7-8,19,22-24,29-31H,6,9-18H2,1-2H3/t22?,23-,24-,25+,26-,27?,28-/m1/s1. The van der Waals surface area contributed by atoms with Crippen molar-refractivity contribution in [2.45, 2.75) is 88.9 Å².